The van der Waals surface area contributed by atoms with Crippen LogP contribution in [0.5, 0.6) is 0 Å². The van der Waals surface area contributed by atoms with Gasteiger partial charge in [-0.2, -0.15) is 11.8 Å². The molecule has 0 saturated carbocycles. The topological polar surface area (TPSA) is 49.3 Å². The van der Waals surface area contributed by atoms with Crippen LogP contribution in [0.2, 0.25) is 0 Å². The Bertz CT molecular complexity index is 396. The van der Waals surface area contributed by atoms with E-state index in [0.717, 1.165) is 5.56 Å². The van der Waals surface area contributed by atoms with E-state index in [1.54, 1.807) is 12.1 Å². The van der Waals surface area contributed by atoms with E-state index in [1.165, 1.54) is 11.8 Å². The molecule has 2 atom stereocenters. The Morgan fingerprint density at radius 2 is 2.28 bits per heavy atom. The van der Waals surface area contributed by atoms with Crippen LogP contribution in [0.3, 0.4) is 0 Å². The van der Waals surface area contributed by atoms with Gasteiger partial charge in [-0.05, 0) is 30.9 Å². The molecule has 100 valence electrons. The first-order chi connectivity index (χ1) is 8.62. The van der Waals surface area contributed by atoms with E-state index in [4.69, 9.17) is 11.6 Å². The summed E-state index contributed by atoms with van der Waals surface area (Å²) in [5.41, 5.74) is 1.51. The predicted molar refractivity (Wildman–Crippen MR) is 77.3 cm³/mol. The van der Waals surface area contributed by atoms with Crippen LogP contribution in [0, 0.1) is 0 Å². The molecule has 1 aromatic rings. The highest BCUT2D eigenvalue weighted by atomic mass is 35.5. The molecule has 1 rings (SSSR count). The summed E-state index contributed by atoms with van der Waals surface area (Å²) in [4.78, 5) is 12.0. The number of amides is 1. The molecule has 0 radical (unpaired) electrons. The lowest BCUT2D eigenvalue weighted by molar-refractivity contribution is 0.0936. The number of rotatable bonds is 6. The Labute approximate surface area is 117 Å². The molecule has 0 saturated heterocycles. The van der Waals surface area contributed by atoms with Crippen molar-refractivity contribution in [2.24, 2.45) is 0 Å². The molecule has 0 fully saturated rings. The van der Waals surface area contributed by atoms with E-state index < -0.39 is 0 Å². The monoisotopic (exact) mass is 287 g/mol. The fourth-order valence-corrected chi connectivity index (χ4v) is 2.41. The van der Waals surface area contributed by atoms with Gasteiger partial charge in [-0.1, -0.05) is 12.1 Å². The van der Waals surface area contributed by atoms with Crippen molar-refractivity contribution < 1.29 is 9.90 Å². The minimum atomic E-state index is -0.137. The molecule has 5 heteroatoms. The lowest BCUT2D eigenvalue weighted by Gasteiger charge is -2.21. The molecular weight excluding hydrogens is 270 g/mol. The Balaban J connectivity index is 2.69. The normalized spacial score (nSPS) is 14.0. The van der Waals surface area contributed by atoms with Gasteiger partial charge in [-0.25, -0.2) is 0 Å². The number of aliphatic hydroxyl groups excluding tert-OH is 1. The molecule has 3 nitrogen and oxygen atoms in total. The second kappa shape index (κ2) is 7.67. The zero-order valence-electron chi connectivity index (χ0n) is 10.5. The maximum atomic E-state index is 12.0. The minimum absolute atomic E-state index is 0.00478. The summed E-state index contributed by atoms with van der Waals surface area (Å²) in [5, 5.41) is 12.1. The molecule has 1 amide bonds. The van der Waals surface area contributed by atoms with Gasteiger partial charge in [0.15, 0.2) is 0 Å². The largest absolute Gasteiger partial charge is 0.395 e. The zero-order chi connectivity index (χ0) is 13.5. The SMILES string of the molecule is CSC(CO)C(C)NC(=O)c1cccc(CCl)c1. The highest BCUT2D eigenvalue weighted by Gasteiger charge is 2.18. The van der Waals surface area contributed by atoms with E-state index in [2.05, 4.69) is 5.32 Å². The van der Waals surface area contributed by atoms with Gasteiger partial charge >= 0.3 is 0 Å². The molecule has 0 aliphatic carbocycles. The number of carbonyl (C=O) groups is 1. The first kappa shape index (κ1) is 15.3. The van der Waals surface area contributed by atoms with Crippen LogP contribution in [0.15, 0.2) is 24.3 Å². The van der Waals surface area contributed by atoms with Crippen LogP contribution in [-0.4, -0.2) is 35.2 Å². The molecular formula is C13H18ClNO2S. The number of thioether (sulfide) groups is 1. The Hall–Kier alpha value is -0.710. The second-order valence-corrected chi connectivity index (χ2v) is 5.40. The summed E-state index contributed by atoms with van der Waals surface area (Å²) in [6.07, 6.45) is 1.91. The van der Waals surface area contributed by atoms with Crippen molar-refractivity contribution in [3.05, 3.63) is 35.4 Å². The van der Waals surface area contributed by atoms with Gasteiger partial charge in [-0.15, -0.1) is 11.6 Å². The van der Waals surface area contributed by atoms with Crippen LogP contribution in [0.4, 0.5) is 0 Å². The van der Waals surface area contributed by atoms with Crippen LogP contribution in [0.25, 0.3) is 0 Å². The second-order valence-electron chi connectivity index (χ2n) is 4.05. The molecule has 0 spiro atoms. The number of aliphatic hydroxyl groups is 1. The zero-order valence-corrected chi connectivity index (χ0v) is 12.1. The molecule has 0 aliphatic heterocycles. The number of hydrogen-bond donors (Lipinski definition) is 2. The van der Waals surface area contributed by atoms with Crippen LogP contribution >= 0.6 is 23.4 Å². The average Bonchev–Trinajstić information content (AvgIpc) is 2.40. The first-order valence-corrected chi connectivity index (χ1v) is 7.54. The molecule has 0 bridgehead atoms. The summed E-state index contributed by atoms with van der Waals surface area (Å²) in [7, 11) is 0. The van der Waals surface area contributed by atoms with Crippen LogP contribution in [0.1, 0.15) is 22.8 Å². The Morgan fingerprint density at radius 3 is 2.83 bits per heavy atom. The minimum Gasteiger partial charge on any atom is -0.395 e. The standard InChI is InChI=1S/C13H18ClNO2S/c1-9(12(8-16)18-2)15-13(17)11-5-3-4-10(6-11)7-14/h3-6,9,12,16H,7-8H2,1-2H3,(H,15,17). The summed E-state index contributed by atoms with van der Waals surface area (Å²) < 4.78 is 0. The van der Waals surface area contributed by atoms with Crippen molar-refractivity contribution in [3.63, 3.8) is 0 Å². The highest BCUT2D eigenvalue weighted by molar-refractivity contribution is 7.99. The third-order valence-electron chi connectivity index (χ3n) is 2.74. The molecule has 2 unspecified atom stereocenters. The Morgan fingerprint density at radius 1 is 1.56 bits per heavy atom. The van der Waals surface area contributed by atoms with Gasteiger partial charge < -0.3 is 10.4 Å². The lowest BCUT2D eigenvalue weighted by atomic mass is 10.1. The fourth-order valence-electron chi connectivity index (χ4n) is 1.62. The maximum absolute atomic E-state index is 12.0. The lowest BCUT2D eigenvalue weighted by Crippen LogP contribution is -2.41. The van der Waals surface area contributed by atoms with Gasteiger partial charge in [0.2, 0.25) is 0 Å². The molecule has 0 aliphatic rings. The van der Waals surface area contributed by atoms with Crippen molar-refractivity contribution in [1.82, 2.24) is 5.32 Å². The summed E-state index contributed by atoms with van der Waals surface area (Å²) in [6.45, 7) is 1.94. The Kier molecular flexibility index (Phi) is 6.54. The fraction of sp³-hybridized carbons (Fsp3) is 0.462. The van der Waals surface area contributed by atoms with Crippen molar-refractivity contribution >= 4 is 29.3 Å². The highest BCUT2D eigenvalue weighted by Crippen LogP contribution is 2.12. The molecule has 1 aromatic carbocycles. The maximum Gasteiger partial charge on any atom is 0.251 e. The number of halogens is 1. The third kappa shape index (κ3) is 4.19. The third-order valence-corrected chi connectivity index (χ3v) is 4.21. The molecule has 2 N–H and O–H groups in total. The number of carbonyl (C=O) groups excluding carboxylic acids is 1. The molecule has 0 heterocycles. The van der Waals surface area contributed by atoms with Gasteiger partial charge in [-0.3, -0.25) is 4.79 Å². The number of hydrogen-bond acceptors (Lipinski definition) is 3. The number of alkyl halides is 1. The van der Waals surface area contributed by atoms with Crippen LogP contribution < -0.4 is 5.32 Å². The molecule has 0 aromatic heterocycles. The number of nitrogens with one attached hydrogen (secondary N) is 1. The van der Waals surface area contributed by atoms with Crippen molar-refractivity contribution in [1.29, 1.82) is 0 Å². The van der Waals surface area contributed by atoms with Crippen LogP contribution in [-0.2, 0) is 5.88 Å². The summed E-state index contributed by atoms with van der Waals surface area (Å²) in [6, 6.07) is 7.14. The van der Waals surface area contributed by atoms with E-state index in [1.807, 2.05) is 25.3 Å². The van der Waals surface area contributed by atoms with E-state index in [0.29, 0.717) is 11.4 Å². The summed E-state index contributed by atoms with van der Waals surface area (Å²) in [5.74, 6) is 0.253. The van der Waals surface area contributed by atoms with E-state index in [9.17, 15) is 9.90 Å². The van der Waals surface area contributed by atoms with E-state index in [-0.39, 0.29) is 23.8 Å². The molecule has 18 heavy (non-hydrogen) atoms. The first-order valence-electron chi connectivity index (χ1n) is 5.71. The number of benzene rings is 1. The van der Waals surface area contributed by atoms with Crippen molar-refractivity contribution in [3.8, 4) is 0 Å². The average molecular weight is 288 g/mol. The van der Waals surface area contributed by atoms with Gasteiger partial charge in [0, 0.05) is 22.7 Å². The quantitative estimate of drug-likeness (QED) is 0.789. The summed E-state index contributed by atoms with van der Waals surface area (Å²) >= 11 is 7.27. The van der Waals surface area contributed by atoms with Gasteiger partial charge in [0.1, 0.15) is 0 Å². The van der Waals surface area contributed by atoms with Gasteiger partial charge in [0.05, 0.1) is 6.61 Å². The predicted octanol–water partition coefficient (Wildman–Crippen LogP) is 2.27. The van der Waals surface area contributed by atoms with E-state index >= 15 is 0 Å². The van der Waals surface area contributed by atoms with Crippen molar-refractivity contribution in [2.75, 3.05) is 12.9 Å². The van der Waals surface area contributed by atoms with Crippen molar-refractivity contribution in [2.45, 2.75) is 24.1 Å². The van der Waals surface area contributed by atoms with Gasteiger partial charge in [0.25, 0.3) is 5.91 Å². The smallest absolute Gasteiger partial charge is 0.251 e.